The maximum absolute atomic E-state index is 10.6. The van der Waals surface area contributed by atoms with Crippen LogP contribution in [0.15, 0.2) is 0 Å². The minimum atomic E-state index is -0.237. The molecule has 3 atom stereocenters. The fourth-order valence-electron chi connectivity index (χ4n) is 1.48. The van der Waals surface area contributed by atoms with Crippen molar-refractivity contribution in [2.45, 2.75) is 39.4 Å². The van der Waals surface area contributed by atoms with Gasteiger partial charge in [-0.3, -0.25) is 0 Å². The van der Waals surface area contributed by atoms with Crippen LogP contribution in [-0.4, -0.2) is 18.5 Å². The Morgan fingerprint density at radius 2 is 2.20 bits per heavy atom. The van der Waals surface area contributed by atoms with E-state index in [0.717, 1.165) is 12.7 Å². The summed E-state index contributed by atoms with van der Waals surface area (Å²) >= 11 is 0. The van der Waals surface area contributed by atoms with Crippen molar-refractivity contribution in [1.82, 2.24) is 0 Å². The molecule has 0 aromatic carbocycles. The highest BCUT2D eigenvalue weighted by atomic mass is 16.5. The summed E-state index contributed by atoms with van der Waals surface area (Å²) in [6.07, 6.45) is 2.20. The Labute approximate surface area is 61.6 Å². The second-order valence-electron chi connectivity index (χ2n) is 3.42. The summed E-state index contributed by atoms with van der Waals surface area (Å²) in [5.41, 5.74) is -0.237. The van der Waals surface area contributed by atoms with Crippen LogP contribution in [0, 0.1) is 5.41 Å². The minimum Gasteiger partial charge on any atom is -0.375 e. The largest absolute Gasteiger partial charge is 0.375 e. The van der Waals surface area contributed by atoms with Crippen molar-refractivity contribution < 1.29 is 9.53 Å². The average molecular weight is 142 g/mol. The number of hydrogen-bond acceptors (Lipinski definition) is 2. The highest BCUT2D eigenvalue weighted by Crippen LogP contribution is 2.35. The molecule has 0 saturated carbocycles. The third-order valence-corrected chi connectivity index (χ3v) is 2.36. The van der Waals surface area contributed by atoms with Crippen LogP contribution < -0.4 is 0 Å². The Hall–Kier alpha value is -0.370. The molecule has 2 nitrogen and oxygen atoms in total. The van der Waals surface area contributed by atoms with E-state index in [1.165, 1.54) is 0 Å². The maximum atomic E-state index is 10.6. The number of carbonyl (C=O) groups excluding carboxylic acids is 1. The summed E-state index contributed by atoms with van der Waals surface area (Å²) in [6.45, 7) is 5.91. The van der Waals surface area contributed by atoms with Crippen molar-refractivity contribution in [3.63, 3.8) is 0 Å². The van der Waals surface area contributed by atoms with Crippen LogP contribution in [0.1, 0.15) is 27.2 Å². The van der Waals surface area contributed by atoms with Gasteiger partial charge in [0.25, 0.3) is 0 Å². The van der Waals surface area contributed by atoms with E-state index in [-0.39, 0.29) is 17.6 Å². The molecule has 1 saturated heterocycles. The molecule has 0 aromatic rings. The molecular weight excluding hydrogens is 128 g/mol. The number of aldehydes is 1. The molecule has 0 amide bonds. The second kappa shape index (κ2) is 2.35. The molecule has 3 unspecified atom stereocenters. The molecule has 1 aliphatic rings. The number of ether oxygens (including phenoxy) is 1. The van der Waals surface area contributed by atoms with Gasteiger partial charge >= 0.3 is 0 Å². The van der Waals surface area contributed by atoms with Crippen LogP contribution in [-0.2, 0) is 9.53 Å². The molecule has 2 heteroatoms. The smallest absolute Gasteiger partial charge is 0.128 e. The summed E-state index contributed by atoms with van der Waals surface area (Å²) in [7, 11) is 0. The normalized spacial score (nSPS) is 47.5. The monoisotopic (exact) mass is 142 g/mol. The van der Waals surface area contributed by atoms with Crippen molar-refractivity contribution in [1.29, 1.82) is 0 Å². The van der Waals surface area contributed by atoms with Crippen LogP contribution >= 0.6 is 0 Å². The predicted molar refractivity (Wildman–Crippen MR) is 38.8 cm³/mol. The number of carbonyl (C=O) groups is 1. The lowest BCUT2D eigenvalue weighted by atomic mass is 9.84. The zero-order valence-corrected chi connectivity index (χ0v) is 6.76. The Balaban J connectivity index is 2.70. The first kappa shape index (κ1) is 7.73. The van der Waals surface area contributed by atoms with Crippen molar-refractivity contribution in [2.24, 2.45) is 5.41 Å². The van der Waals surface area contributed by atoms with Crippen molar-refractivity contribution in [3.8, 4) is 0 Å². The van der Waals surface area contributed by atoms with Crippen LogP contribution in [0.3, 0.4) is 0 Å². The van der Waals surface area contributed by atoms with Gasteiger partial charge in [-0.05, 0) is 20.3 Å². The molecule has 1 aliphatic heterocycles. The van der Waals surface area contributed by atoms with E-state index in [9.17, 15) is 4.79 Å². The van der Waals surface area contributed by atoms with E-state index in [2.05, 4.69) is 0 Å². The lowest BCUT2D eigenvalue weighted by molar-refractivity contribution is -0.117. The molecule has 1 heterocycles. The molecule has 0 aromatic heterocycles. The first-order valence-electron chi connectivity index (χ1n) is 3.70. The first-order chi connectivity index (χ1) is 4.58. The molecule has 1 rings (SSSR count). The summed E-state index contributed by atoms with van der Waals surface area (Å²) in [5.74, 6) is 0. The number of rotatable bonds is 1. The van der Waals surface area contributed by atoms with Crippen LogP contribution in [0.4, 0.5) is 0 Å². The lowest BCUT2D eigenvalue weighted by Crippen LogP contribution is -2.26. The lowest BCUT2D eigenvalue weighted by Gasteiger charge is -2.18. The third kappa shape index (κ3) is 1.08. The van der Waals surface area contributed by atoms with E-state index in [0.29, 0.717) is 0 Å². The predicted octanol–water partition coefficient (Wildman–Crippen LogP) is 1.39. The van der Waals surface area contributed by atoms with Gasteiger partial charge in [0, 0.05) is 0 Å². The summed E-state index contributed by atoms with van der Waals surface area (Å²) in [6, 6.07) is 0. The van der Waals surface area contributed by atoms with Gasteiger partial charge in [-0.25, -0.2) is 0 Å². The molecule has 0 bridgehead atoms. The van der Waals surface area contributed by atoms with Crippen molar-refractivity contribution in [2.75, 3.05) is 0 Å². The van der Waals surface area contributed by atoms with Crippen LogP contribution in [0.2, 0.25) is 0 Å². The van der Waals surface area contributed by atoms with Crippen LogP contribution in [0.5, 0.6) is 0 Å². The van der Waals surface area contributed by atoms with E-state index >= 15 is 0 Å². The van der Waals surface area contributed by atoms with Crippen molar-refractivity contribution in [3.05, 3.63) is 0 Å². The number of hydrogen-bond donors (Lipinski definition) is 0. The summed E-state index contributed by atoms with van der Waals surface area (Å²) < 4.78 is 5.44. The fraction of sp³-hybridized carbons (Fsp3) is 0.875. The topological polar surface area (TPSA) is 26.3 Å². The Morgan fingerprint density at radius 1 is 1.60 bits per heavy atom. The van der Waals surface area contributed by atoms with Gasteiger partial charge in [-0.15, -0.1) is 0 Å². The quantitative estimate of drug-likeness (QED) is 0.517. The molecule has 0 N–H and O–H groups in total. The Kier molecular flexibility index (Phi) is 1.82. The molecule has 0 radical (unpaired) electrons. The third-order valence-electron chi connectivity index (χ3n) is 2.36. The molecule has 0 spiro atoms. The second-order valence-corrected chi connectivity index (χ2v) is 3.42. The highest BCUT2D eigenvalue weighted by molar-refractivity contribution is 5.60. The van der Waals surface area contributed by atoms with Crippen molar-refractivity contribution >= 4 is 6.29 Å². The van der Waals surface area contributed by atoms with Gasteiger partial charge in [0.2, 0.25) is 0 Å². The minimum absolute atomic E-state index is 0.0833. The molecule has 58 valence electrons. The van der Waals surface area contributed by atoms with Gasteiger partial charge in [0.05, 0.1) is 17.6 Å². The molecule has 1 fully saturated rings. The zero-order chi connectivity index (χ0) is 7.78. The van der Waals surface area contributed by atoms with E-state index in [1.54, 1.807) is 0 Å². The van der Waals surface area contributed by atoms with Gasteiger partial charge in [0.15, 0.2) is 0 Å². The molecule has 0 aliphatic carbocycles. The standard InChI is InChI=1S/C8H14O2/c1-6-4-8(3,5-9)7(2)10-6/h5-7H,4H2,1-3H3. The van der Waals surface area contributed by atoms with Gasteiger partial charge in [-0.1, -0.05) is 6.92 Å². The zero-order valence-electron chi connectivity index (χ0n) is 6.76. The van der Waals surface area contributed by atoms with E-state index in [1.807, 2.05) is 20.8 Å². The van der Waals surface area contributed by atoms with Gasteiger partial charge < -0.3 is 9.53 Å². The fourth-order valence-corrected chi connectivity index (χ4v) is 1.48. The van der Waals surface area contributed by atoms with E-state index < -0.39 is 0 Å². The maximum Gasteiger partial charge on any atom is 0.128 e. The summed E-state index contributed by atoms with van der Waals surface area (Å²) in [4.78, 5) is 10.6. The SMILES string of the molecule is CC1CC(C)(C=O)C(C)O1. The average Bonchev–Trinajstić information content (AvgIpc) is 2.09. The van der Waals surface area contributed by atoms with E-state index in [4.69, 9.17) is 4.74 Å². The summed E-state index contributed by atoms with van der Waals surface area (Å²) in [5, 5.41) is 0. The van der Waals surface area contributed by atoms with Gasteiger partial charge in [-0.2, -0.15) is 0 Å². The van der Waals surface area contributed by atoms with Gasteiger partial charge in [0.1, 0.15) is 6.29 Å². The van der Waals surface area contributed by atoms with Crippen LogP contribution in [0.25, 0.3) is 0 Å². The molecular formula is C8H14O2. The Morgan fingerprint density at radius 3 is 2.40 bits per heavy atom. The Bertz CT molecular complexity index is 144. The highest BCUT2D eigenvalue weighted by Gasteiger charge is 2.40. The first-order valence-corrected chi connectivity index (χ1v) is 3.70. The molecule has 10 heavy (non-hydrogen) atoms.